The van der Waals surface area contributed by atoms with E-state index in [0.29, 0.717) is 34.5 Å². The van der Waals surface area contributed by atoms with Crippen molar-refractivity contribution in [1.82, 2.24) is 9.47 Å². The van der Waals surface area contributed by atoms with Crippen LogP contribution < -0.4 is 5.56 Å². The Morgan fingerprint density at radius 2 is 1.74 bits per heavy atom. The molecule has 2 heterocycles. The predicted octanol–water partition coefficient (Wildman–Crippen LogP) is 2.90. The Hall–Kier alpha value is -2.99. The molecule has 138 valence electrons. The van der Waals surface area contributed by atoms with Crippen LogP contribution in [0.15, 0.2) is 39.5 Å². The molecule has 0 amide bonds. The number of aryl methyl sites for hydroxylation is 1. The maximum absolute atomic E-state index is 13.2. The average Bonchev–Trinajstić information content (AvgIpc) is 3.03. The minimum Gasteiger partial charge on any atom is -0.459 e. The molecule has 0 atom stereocenters. The monoisotopic (exact) mass is 364 g/mol. The molecule has 0 unspecified atom stereocenters. The fraction of sp³-hybridized carbons (Fsp3) is 0.286. The SMILES string of the molecule is Cc1cc2c(o1)-c1c(c3ccccc3c(=O)n1CCCN(C)C)C(=O)C2=O. The third-order valence-corrected chi connectivity index (χ3v) is 4.91. The van der Waals surface area contributed by atoms with Gasteiger partial charge in [0.05, 0.1) is 16.8 Å². The number of carbonyl (C=O) groups excluding carboxylic acids is 2. The van der Waals surface area contributed by atoms with Crippen LogP contribution >= 0.6 is 0 Å². The van der Waals surface area contributed by atoms with Gasteiger partial charge in [-0.15, -0.1) is 0 Å². The van der Waals surface area contributed by atoms with Crippen molar-refractivity contribution in [3.05, 3.63) is 57.6 Å². The summed E-state index contributed by atoms with van der Waals surface area (Å²) in [7, 11) is 3.93. The molecule has 0 saturated heterocycles. The Bertz CT molecular complexity index is 1150. The van der Waals surface area contributed by atoms with Crippen LogP contribution in [0.5, 0.6) is 0 Å². The maximum atomic E-state index is 13.2. The van der Waals surface area contributed by atoms with E-state index >= 15 is 0 Å². The first-order valence-corrected chi connectivity index (χ1v) is 8.90. The molecule has 0 radical (unpaired) electrons. The van der Waals surface area contributed by atoms with Crippen molar-refractivity contribution in [3.63, 3.8) is 0 Å². The molecule has 2 aromatic heterocycles. The summed E-state index contributed by atoms with van der Waals surface area (Å²) in [6.07, 6.45) is 0.731. The molecule has 3 aromatic rings. The zero-order valence-electron chi connectivity index (χ0n) is 15.5. The van der Waals surface area contributed by atoms with Crippen LogP contribution in [0.2, 0.25) is 0 Å². The number of carbonyl (C=O) groups is 2. The van der Waals surface area contributed by atoms with Crippen LogP contribution in [0.25, 0.3) is 22.2 Å². The normalized spacial score (nSPS) is 13.3. The second-order valence-corrected chi connectivity index (χ2v) is 7.14. The summed E-state index contributed by atoms with van der Waals surface area (Å²) in [4.78, 5) is 40.8. The lowest BCUT2D eigenvalue weighted by Gasteiger charge is -2.21. The van der Waals surface area contributed by atoms with Gasteiger partial charge in [0.15, 0.2) is 5.76 Å². The smallest absolute Gasteiger partial charge is 0.259 e. The molecule has 0 bridgehead atoms. The van der Waals surface area contributed by atoms with E-state index in [-0.39, 0.29) is 16.7 Å². The molecule has 6 nitrogen and oxygen atoms in total. The Balaban J connectivity index is 2.07. The molecule has 27 heavy (non-hydrogen) atoms. The van der Waals surface area contributed by atoms with Crippen molar-refractivity contribution in [2.75, 3.05) is 20.6 Å². The van der Waals surface area contributed by atoms with Crippen molar-refractivity contribution in [2.45, 2.75) is 19.9 Å². The average molecular weight is 364 g/mol. The highest BCUT2D eigenvalue weighted by molar-refractivity contribution is 6.54. The van der Waals surface area contributed by atoms with Gasteiger partial charge in [0.25, 0.3) is 5.56 Å². The quantitative estimate of drug-likeness (QED) is 0.666. The van der Waals surface area contributed by atoms with Gasteiger partial charge in [0.2, 0.25) is 11.6 Å². The Morgan fingerprint density at radius 3 is 2.44 bits per heavy atom. The van der Waals surface area contributed by atoms with Gasteiger partial charge in [-0.2, -0.15) is 0 Å². The number of pyridine rings is 1. The largest absolute Gasteiger partial charge is 0.459 e. The number of nitrogens with zero attached hydrogens (tertiary/aromatic N) is 2. The van der Waals surface area contributed by atoms with Gasteiger partial charge in [-0.3, -0.25) is 14.4 Å². The number of rotatable bonds is 4. The van der Waals surface area contributed by atoms with Gasteiger partial charge < -0.3 is 13.9 Å². The Labute approximate surface area is 156 Å². The lowest BCUT2D eigenvalue weighted by molar-refractivity contribution is 0.0815. The van der Waals surface area contributed by atoms with Gasteiger partial charge >= 0.3 is 0 Å². The number of ketones is 2. The van der Waals surface area contributed by atoms with E-state index in [9.17, 15) is 14.4 Å². The van der Waals surface area contributed by atoms with Gasteiger partial charge in [-0.1, -0.05) is 18.2 Å². The second-order valence-electron chi connectivity index (χ2n) is 7.14. The molecule has 0 aliphatic heterocycles. The van der Waals surface area contributed by atoms with Crippen molar-refractivity contribution < 1.29 is 14.0 Å². The fourth-order valence-corrected chi connectivity index (χ4v) is 3.72. The number of Topliss-reactive ketones (excluding diaryl/α,β-unsaturated/α-hetero) is 2. The molecule has 0 fully saturated rings. The molecule has 0 saturated carbocycles. The van der Waals surface area contributed by atoms with E-state index in [4.69, 9.17) is 4.42 Å². The second kappa shape index (κ2) is 6.32. The Kier molecular flexibility index (Phi) is 4.08. The van der Waals surface area contributed by atoms with Crippen molar-refractivity contribution in [1.29, 1.82) is 0 Å². The van der Waals surface area contributed by atoms with E-state index in [1.54, 1.807) is 41.8 Å². The molecule has 4 rings (SSSR count). The van der Waals surface area contributed by atoms with E-state index < -0.39 is 11.6 Å². The summed E-state index contributed by atoms with van der Waals surface area (Å²) in [5.74, 6) is -0.317. The fourth-order valence-electron chi connectivity index (χ4n) is 3.72. The first-order chi connectivity index (χ1) is 12.9. The molecule has 1 aliphatic rings. The highest BCUT2D eigenvalue weighted by Gasteiger charge is 2.37. The van der Waals surface area contributed by atoms with Crippen LogP contribution in [-0.2, 0) is 6.54 Å². The van der Waals surface area contributed by atoms with E-state index in [1.165, 1.54) is 0 Å². The molecule has 0 spiro atoms. The molecule has 0 N–H and O–H groups in total. The summed E-state index contributed by atoms with van der Waals surface area (Å²) in [6, 6.07) is 8.51. The Morgan fingerprint density at radius 1 is 1.04 bits per heavy atom. The van der Waals surface area contributed by atoms with Gasteiger partial charge in [0.1, 0.15) is 5.76 Å². The first-order valence-electron chi connectivity index (χ1n) is 8.90. The topological polar surface area (TPSA) is 72.5 Å². The first kappa shape index (κ1) is 17.4. The van der Waals surface area contributed by atoms with E-state index in [0.717, 1.165) is 13.0 Å². The predicted molar refractivity (Wildman–Crippen MR) is 102 cm³/mol. The zero-order chi connectivity index (χ0) is 19.3. The van der Waals surface area contributed by atoms with E-state index in [1.807, 2.05) is 19.0 Å². The molecule has 1 aliphatic carbocycles. The minimum absolute atomic E-state index is 0.176. The number of hydrogen-bond acceptors (Lipinski definition) is 5. The highest BCUT2D eigenvalue weighted by Crippen LogP contribution is 2.38. The van der Waals surface area contributed by atoms with Crippen molar-refractivity contribution in [2.24, 2.45) is 0 Å². The van der Waals surface area contributed by atoms with Crippen LogP contribution in [0.1, 0.15) is 32.9 Å². The van der Waals surface area contributed by atoms with Gasteiger partial charge in [0, 0.05) is 17.3 Å². The van der Waals surface area contributed by atoms with Crippen molar-refractivity contribution >= 4 is 22.3 Å². The molecular formula is C21H20N2O4. The number of hydrogen-bond donors (Lipinski definition) is 0. The van der Waals surface area contributed by atoms with E-state index in [2.05, 4.69) is 0 Å². The number of furan rings is 1. The number of fused-ring (bicyclic) bond motifs is 5. The van der Waals surface area contributed by atoms with Gasteiger partial charge in [-0.05, 0) is 46.1 Å². The van der Waals surface area contributed by atoms with Gasteiger partial charge in [-0.25, -0.2) is 0 Å². The zero-order valence-corrected chi connectivity index (χ0v) is 15.5. The van der Waals surface area contributed by atoms with Crippen LogP contribution in [0.3, 0.4) is 0 Å². The lowest BCUT2D eigenvalue weighted by atomic mass is 9.88. The summed E-state index contributed by atoms with van der Waals surface area (Å²) in [6.45, 7) is 2.96. The molecule has 6 heteroatoms. The lowest BCUT2D eigenvalue weighted by Crippen LogP contribution is -2.31. The number of aromatic nitrogens is 1. The van der Waals surface area contributed by atoms with Crippen molar-refractivity contribution in [3.8, 4) is 11.5 Å². The maximum Gasteiger partial charge on any atom is 0.259 e. The minimum atomic E-state index is -0.587. The third kappa shape index (κ3) is 2.64. The standard InChI is InChI=1S/C21H20N2O4/c1-12-11-15-18(24)19(25)16-13-7-4-5-8-14(13)21(26)23(10-6-9-22(2)3)17(16)20(15)27-12/h4-5,7-8,11H,6,9-10H2,1-3H3. The van der Waals surface area contributed by atoms with Crippen LogP contribution in [0.4, 0.5) is 0 Å². The highest BCUT2D eigenvalue weighted by atomic mass is 16.3. The number of benzene rings is 1. The summed E-state index contributed by atoms with van der Waals surface area (Å²) in [5, 5.41) is 0.938. The molecular weight excluding hydrogens is 344 g/mol. The summed E-state index contributed by atoms with van der Waals surface area (Å²) >= 11 is 0. The van der Waals surface area contributed by atoms with Crippen LogP contribution in [0, 0.1) is 6.92 Å². The summed E-state index contributed by atoms with van der Waals surface area (Å²) in [5.41, 5.74) is 0.748. The van der Waals surface area contributed by atoms with Crippen LogP contribution in [-0.4, -0.2) is 41.7 Å². The third-order valence-electron chi connectivity index (χ3n) is 4.91. The molecule has 1 aromatic carbocycles. The summed E-state index contributed by atoms with van der Waals surface area (Å²) < 4.78 is 7.37.